The van der Waals surface area contributed by atoms with E-state index in [4.69, 9.17) is 5.73 Å². The van der Waals surface area contributed by atoms with Gasteiger partial charge in [0.25, 0.3) is 0 Å². The Hall–Kier alpha value is 0.0369. The van der Waals surface area contributed by atoms with Gasteiger partial charge in [0.05, 0.1) is 0 Å². The van der Waals surface area contributed by atoms with E-state index >= 15 is 0 Å². The number of nitrogens with two attached hydrogens (primary N) is 1. The zero-order chi connectivity index (χ0) is 7.33. The van der Waals surface area contributed by atoms with Gasteiger partial charge in [0.1, 0.15) is 0 Å². The Morgan fingerprint density at radius 3 is 2.22 bits per heavy atom. The van der Waals surface area contributed by atoms with Gasteiger partial charge < -0.3 is 5.73 Å². The van der Waals surface area contributed by atoms with E-state index < -0.39 is 8.74 Å². The summed E-state index contributed by atoms with van der Waals surface area (Å²) in [5.41, 5.74) is 5.13. The van der Waals surface area contributed by atoms with Gasteiger partial charge in [-0.2, -0.15) is 0 Å². The lowest BCUT2D eigenvalue weighted by molar-refractivity contribution is 0.592. The van der Waals surface area contributed by atoms with Crippen molar-refractivity contribution in [3.8, 4) is 0 Å². The van der Waals surface area contributed by atoms with Crippen LogP contribution in [-0.4, -0.2) is 15.3 Å². The molecule has 0 unspecified atom stereocenters. The molecule has 4 heteroatoms. The van der Waals surface area contributed by atoms with E-state index in [0.717, 1.165) is 13.0 Å². The lowest BCUT2D eigenvalue weighted by Crippen LogP contribution is -2.15. The summed E-state index contributed by atoms with van der Waals surface area (Å²) in [5, 5.41) is 0. The van der Waals surface area contributed by atoms with Crippen molar-refractivity contribution in [1.29, 1.82) is 0 Å². The number of unbranched alkanes of at least 4 members (excludes halogenated alkanes) is 1. The Labute approximate surface area is 55.6 Å². The second-order valence-corrected chi connectivity index (χ2v) is 4.96. The molecule has 0 rings (SSSR count). The molecule has 0 fully saturated rings. The van der Waals surface area contributed by atoms with Crippen LogP contribution in [0.4, 0.5) is 8.22 Å². The third kappa shape index (κ3) is 8.04. The van der Waals surface area contributed by atoms with E-state index in [1.807, 2.05) is 0 Å². The Kier molecular flexibility index (Phi) is 3.97. The molecule has 2 N–H and O–H groups in total. The normalized spacial score (nSPS) is 12.0. The third-order valence-electron chi connectivity index (χ3n) is 1.07. The molecule has 56 valence electrons. The molecule has 9 heavy (non-hydrogen) atoms. The van der Waals surface area contributed by atoms with Crippen molar-refractivity contribution >= 4 is 8.74 Å². The van der Waals surface area contributed by atoms with Crippen molar-refractivity contribution in [2.24, 2.45) is 5.73 Å². The van der Waals surface area contributed by atoms with E-state index in [1.165, 1.54) is 0 Å². The molecule has 0 heterocycles. The average molecular weight is 153 g/mol. The Balaban J connectivity index is 3.07. The van der Waals surface area contributed by atoms with E-state index in [-0.39, 0.29) is 6.04 Å². The first kappa shape index (κ1) is 9.04. The van der Waals surface area contributed by atoms with Crippen LogP contribution in [-0.2, 0) is 0 Å². The van der Waals surface area contributed by atoms with Crippen LogP contribution in [0.15, 0.2) is 0 Å². The van der Waals surface area contributed by atoms with Gasteiger partial charge in [-0.05, 0) is 32.0 Å². The summed E-state index contributed by atoms with van der Waals surface area (Å²) < 4.78 is 24.3. The number of hydrogen-bond acceptors (Lipinski definition) is 1. The van der Waals surface area contributed by atoms with E-state index in [2.05, 4.69) is 0 Å². The van der Waals surface area contributed by atoms with Gasteiger partial charge in [-0.15, -0.1) is 0 Å². The van der Waals surface area contributed by atoms with Gasteiger partial charge in [0, 0.05) is 0 Å². The summed E-state index contributed by atoms with van der Waals surface area (Å²) in [7, 11) is -3.75. The van der Waals surface area contributed by atoms with Crippen LogP contribution in [0, 0.1) is 0 Å². The average Bonchev–Trinajstić information content (AvgIpc) is 1.63. The fraction of sp³-hybridized carbons (Fsp3) is 1.00. The first-order chi connectivity index (χ1) is 4.06. The van der Waals surface area contributed by atoms with Crippen LogP contribution in [0.5, 0.6) is 0 Å². The van der Waals surface area contributed by atoms with Crippen molar-refractivity contribution in [3.63, 3.8) is 0 Å². The van der Waals surface area contributed by atoms with Crippen LogP contribution in [0.2, 0.25) is 12.6 Å². The zero-order valence-corrected chi connectivity index (χ0v) is 6.66. The Morgan fingerprint density at radius 1 is 1.33 bits per heavy atom. The van der Waals surface area contributed by atoms with Crippen molar-refractivity contribution in [1.82, 2.24) is 0 Å². The second kappa shape index (κ2) is 3.95. The van der Waals surface area contributed by atoms with Gasteiger partial charge in [-0.1, -0.05) is 0 Å². The molecule has 0 radical (unpaired) electrons. The maximum atomic E-state index is 12.1. The molecular formula is C5H13F2NSi. The summed E-state index contributed by atoms with van der Waals surface area (Å²) >= 11 is 0. The molecule has 1 nitrogen and oxygen atoms in total. The molecule has 0 bridgehead atoms. The van der Waals surface area contributed by atoms with Crippen molar-refractivity contribution in [2.75, 3.05) is 6.54 Å². The predicted molar refractivity (Wildman–Crippen MR) is 36.9 cm³/mol. The summed E-state index contributed by atoms with van der Waals surface area (Å²) in [6, 6.07) is 0.101. The molecule has 0 aromatic rings. The first-order valence-corrected chi connectivity index (χ1v) is 5.60. The molecule has 0 aliphatic rings. The summed E-state index contributed by atoms with van der Waals surface area (Å²) in [6.07, 6.45) is 1.32. The Morgan fingerprint density at radius 2 is 1.89 bits per heavy atom. The maximum absolute atomic E-state index is 12.1. The molecule has 0 amide bonds. The van der Waals surface area contributed by atoms with E-state index in [9.17, 15) is 8.22 Å². The molecular weight excluding hydrogens is 140 g/mol. The lowest BCUT2D eigenvalue weighted by Gasteiger charge is -2.03. The molecule has 0 atom stereocenters. The predicted octanol–water partition coefficient (Wildman–Crippen LogP) is 1.74. The van der Waals surface area contributed by atoms with Gasteiger partial charge in [-0.3, -0.25) is 8.22 Å². The smallest absolute Gasteiger partial charge is 0.330 e. The highest BCUT2D eigenvalue weighted by Gasteiger charge is 2.26. The monoisotopic (exact) mass is 153 g/mol. The molecule has 0 aliphatic heterocycles. The minimum atomic E-state index is -3.75. The fourth-order valence-electron chi connectivity index (χ4n) is 0.580. The van der Waals surface area contributed by atoms with E-state index in [1.54, 1.807) is 0 Å². The quantitative estimate of drug-likeness (QED) is 0.371. The minimum absolute atomic E-state index is 0.101. The third-order valence-corrected chi connectivity index (χ3v) is 2.30. The van der Waals surface area contributed by atoms with Gasteiger partial charge in [0.15, 0.2) is 0 Å². The summed E-state index contributed by atoms with van der Waals surface area (Å²) in [4.78, 5) is 0. The topological polar surface area (TPSA) is 26.0 Å². The SMILES string of the molecule is C[Si](F)(F)CCCCN. The fourth-order valence-corrected chi connectivity index (χ4v) is 1.45. The van der Waals surface area contributed by atoms with Gasteiger partial charge >= 0.3 is 8.74 Å². The molecule has 0 saturated heterocycles. The highest BCUT2D eigenvalue weighted by atomic mass is 28.4. The summed E-state index contributed by atoms with van der Waals surface area (Å²) in [5.74, 6) is 0. The Bertz CT molecular complexity index is 71.8. The van der Waals surface area contributed by atoms with Crippen LogP contribution < -0.4 is 5.73 Å². The van der Waals surface area contributed by atoms with Crippen LogP contribution in [0.25, 0.3) is 0 Å². The van der Waals surface area contributed by atoms with Gasteiger partial charge in [-0.25, -0.2) is 0 Å². The molecule has 0 aromatic carbocycles. The second-order valence-electron chi connectivity index (χ2n) is 2.32. The van der Waals surface area contributed by atoms with Crippen molar-refractivity contribution in [3.05, 3.63) is 0 Å². The first-order valence-electron chi connectivity index (χ1n) is 3.14. The summed E-state index contributed by atoms with van der Waals surface area (Å²) in [6.45, 7) is 1.61. The van der Waals surface area contributed by atoms with E-state index in [0.29, 0.717) is 13.0 Å². The number of rotatable bonds is 4. The van der Waals surface area contributed by atoms with Crippen LogP contribution in [0.1, 0.15) is 12.8 Å². The highest BCUT2D eigenvalue weighted by molar-refractivity contribution is 6.64. The number of halogens is 2. The van der Waals surface area contributed by atoms with Gasteiger partial charge in [0.2, 0.25) is 0 Å². The van der Waals surface area contributed by atoms with Crippen molar-refractivity contribution < 1.29 is 8.22 Å². The minimum Gasteiger partial charge on any atom is -0.330 e. The molecule has 0 spiro atoms. The molecule has 0 aliphatic carbocycles. The van der Waals surface area contributed by atoms with Crippen LogP contribution >= 0.6 is 0 Å². The standard InChI is InChI=1S/C5H13F2NSi/c1-9(6,7)5-3-2-4-8/h2-5,8H2,1H3. The van der Waals surface area contributed by atoms with Crippen LogP contribution in [0.3, 0.4) is 0 Å². The molecule has 0 saturated carbocycles. The maximum Gasteiger partial charge on any atom is 0.422 e. The largest absolute Gasteiger partial charge is 0.422 e. The lowest BCUT2D eigenvalue weighted by atomic mass is 10.3. The zero-order valence-electron chi connectivity index (χ0n) is 5.66. The highest BCUT2D eigenvalue weighted by Crippen LogP contribution is 2.15. The van der Waals surface area contributed by atoms with Crippen molar-refractivity contribution in [2.45, 2.75) is 25.4 Å². The number of hydrogen-bond donors (Lipinski definition) is 1. The molecule has 0 aromatic heterocycles.